The Morgan fingerprint density at radius 1 is 1.26 bits per heavy atom. The maximum absolute atomic E-state index is 13.5. The molecule has 0 saturated carbocycles. The lowest BCUT2D eigenvalue weighted by atomic mass is 10.1. The maximum Gasteiger partial charge on any atom is 0.185 e. The van der Waals surface area contributed by atoms with Crippen LogP contribution in [-0.4, -0.2) is 15.6 Å². The highest BCUT2D eigenvalue weighted by molar-refractivity contribution is 5.96. The highest BCUT2D eigenvalue weighted by atomic mass is 19.1. The molecule has 0 amide bonds. The minimum Gasteiger partial charge on any atom is -0.292 e. The molecule has 0 fully saturated rings. The third-order valence-corrected chi connectivity index (χ3v) is 2.84. The van der Waals surface area contributed by atoms with E-state index in [1.807, 2.05) is 13.8 Å². The number of Topliss-reactive ketones (excluding diaryl/α,β-unsaturated/α-hetero) is 1. The van der Waals surface area contributed by atoms with Crippen LogP contribution in [0.1, 0.15) is 35.9 Å². The van der Waals surface area contributed by atoms with Gasteiger partial charge in [-0.15, -0.1) is 0 Å². The summed E-state index contributed by atoms with van der Waals surface area (Å²) in [5.41, 5.74) is 0.154. The van der Waals surface area contributed by atoms with Crippen molar-refractivity contribution in [3.05, 3.63) is 53.4 Å². The van der Waals surface area contributed by atoms with E-state index in [0.717, 1.165) is 12.1 Å². The third kappa shape index (κ3) is 2.70. The number of aromatic nitrogens is 2. The zero-order valence-corrected chi connectivity index (χ0v) is 10.7. The fourth-order valence-electron chi connectivity index (χ4n) is 1.90. The van der Waals surface area contributed by atoms with Crippen molar-refractivity contribution in [2.45, 2.75) is 26.3 Å². The second-order valence-corrected chi connectivity index (χ2v) is 4.55. The first-order chi connectivity index (χ1) is 9.00. The van der Waals surface area contributed by atoms with E-state index >= 15 is 0 Å². The van der Waals surface area contributed by atoms with Crippen molar-refractivity contribution in [2.24, 2.45) is 0 Å². The van der Waals surface area contributed by atoms with Crippen molar-refractivity contribution in [1.29, 1.82) is 0 Å². The molecule has 5 heteroatoms. The number of halogens is 2. The smallest absolute Gasteiger partial charge is 0.185 e. The molecule has 19 heavy (non-hydrogen) atoms. The van der Waals surface area contributed by atoms with Crippen LogP contribution in [0.5, 0.6) is 0 Å². The summed E-state index contributed by atoms with van der Waals surface area (Å²) in [6.07, 6.45) is 1.20. The first kappa shape index (κ1) is 13.4. The monoisotopic (exact) mass is 264 g/mol. The van der Waals surface area contributed by atoms with Gasteiger partial charge in [-0.3, -0.25) is 9.48 Å². The minimum atomic E-state index is -0.705. The number of nitrogens with zero attached hydrogens (tertiary/aromatic N) is 2. The SMILES string of the molecule is CC(C)n1nccc1C(=O)Cc1c(F)cccc1F. The van der Waals surface area contributed by atoms with Crippen LogP contribution in [0.15, 0.2) is 30.5 Å². The standard InChI is InChI=1S/C14H14F2N2O/c1-9(2)18-13(6-7-17-18)14(19)8-10-11(15)4-3-5-12(10)16/h3-7,9H,8H2,1-2H3. The molecule has 0 unspecified atom stereocenters. The van der Waals surface area contributed by atoms with Crippen LogP contribution >= 0.6 is 0 Å². The lowest BCUT2D eigenvalue weighted by Gasteiger charge is -2.10. The molecule has 2 rings (SSSR count). The second-order valence-electron chi connectivity index (χ2n) is 4.55. The van der Waals surface area contributed by atoms with Crippen molar-refractivity contribution >= 4 is 5.78 Å². The summed E-state index contributed by atoms with van der Waals surface area (Å²) in [4.78, 5) is 12.1. The first-order valence-electron chi connectivity index (χ1n) is 6.00. The van der Waals surface area contributed by atoms with Crippen molar-refractivity contribution in [2.75, 3.05) is 0 Å². The zero-order valence-electron chi connectivity index (χ0n) is 10.7. The van der Waals surface area contributed by atoms with Gasteiger partial charge in [0.15, 0.2) is 5.78 Å². The van der Waals surface area contributed by atoms with E-state index in [-0.39, 0.29) is 23.8 Å². The van der Waals surface area contributed by atoms with Crippen LogP contribution in [0.4, 0.5) is 8.78 Å². The predicted molar refractivity (Wildman–Crippen MR) is 67.0 cm³/mol. The average molecular weight is 264 g/mol. The Bertz CT molecular complexity index is 585. The molecule has 0 spiro atoms. The molecule has 0 aliphatic carbocycles. The summed E-state index contributed by atoms with van der Waals surface area (Å²) in [6, 6.07) is 5.13. The molecule has 1 aromatic heterocycles. The molecule has 0 aliphatic heterocycles. The molecular weight excluding hydrogens is 250 g/mol. The predicted octanol–water partition coefficient (Wildman–Crippen LogP) is 3.17. The largest absolute Gasteiger partial charge is 0.292 e. The molecule has 0 N–H and O–H groups in total. The topological polar surface area (TPSA) is 34.9 Å². The molecule has 0 saturated heterocycles. The Labute approximate surface area is 109 Å². The summed E-state index contributed by atoms with van der Waals surface area (Å²) in [5.74, 6) is -1.76. The van der Waals surface area contributed by atoms with E-state index in [2.05, 4.69) is 5.10 Å². The fraction of sp³-hybridized carbons (Fsp3) is 0.286. The fourth-order valence-corrected chi connectivity index (χ4v) is 1.90. The van der Waals surface area contributed by atoms with Gasteiger partial charge >= 0.3 is 0 Å². The summed E-state index contributed by atoms with van der Waals surface area (Å²) in [6.45, 7) is 3.76. The highest BCUT2D eigenvalue weighted by Crippen LogP contribution is 2.16. The number of carbonyl (C=O) groups is 1. The van der Waals surface area contributed by atoms with Crippen LogP contribution in [0.3, 0.4) is 0 Å². The Balaban J connectivity index is 2.29. The Hall–Kier alpha value is -2.04. The number of ketones is 1. The molecule has 2 aromatic rings. The first-order valence-corrected chi connectivity index (χ1v) is 6.00. The quantitative estimate of drug-likeness (QED) is 0.795. The molecule has 0 bridgehead atoms. The molecule has 1 heterocycles. The molecule has 0 aliphatic rings. The third-order valence-electron chi connectivity index (χ3n) is 2.84. The zero-order chi connectivity index (χ0) is 14.0. The number of benzene rings is 1. The van der Waals surface area contributed by atoms with E-state index < -0.39 is 11.6 Å². The van der Waals surface area contributed by atoms with Gasteiger partial charge in [-0.05, 0) is 32.0 Å². The van der Waals surface area contributed by atoms with Crippen molar-refractivity contribution in [3.63, 3.8) is 0 Å². The van der Waals surface area contributed by atoms with Crippen molar-refractivity contribution in [1.82, 2.24) is 9.78 Å². The van der Waals surface area contributed by atoms with Gasteiger partial charge in [-0.1, -0.05) is 6.07 Å². The average Bonchev–Trinajstić information content (AvgIpc) is 2.83. The summed E-state index contributed by atoms with van der Waals surface area (Å²) in [5, 5.41) is 4.03. The molecule has 0 radical (unpaired) electrons. The van der Waals surface area contributed by atoms with Gasteiger partial charge in [-0.25, -0.2) is 8.78 Å². The van der Waals surface area contributed by atoms with E-state index in [1.54, 1.807) is 10.7 Å². The molecular formula is C14H14F2N2O. The molecule has 100 valence electrons. The van der Waals surface area contributed by atoms with Crippen LogP contribution < -0.4 is 0 Å². The summed E-state index contributed by atoms with van der Waals surface area (Å²) < 4.78 is 28.5. The summed E-state index contributed by atoms with van der Waals surface area (Å²) >= 11 is 0. The van der Waals surface area contributed by atoms with E-state index in [4.69, 9.17) is 0 Å². The maximum atomic E-state index is 13.5. The van der Waals surface area contributed by atoms with Crippen molar-refractivity contribution in [3.8, 4) is 0 Å². The Morgan fingerprint density at radius 2 is 1.89 bits per heavy atom. The van der Waals surface area contributed by atoms with Crippen LogP contribution in [0.2, 0.25) is 0 Å². The van der Waals surface area contributed by atoms with Gasteiger partial charge in [0.1, 0.15) is 17.3 Å². The number of hydrogen-bond acceptors (Lipinski definition) is 2. The van der Waals surface area contributed by atoms with Crippen LogP contribution in [0.25, 0.3) is 0 Å². The van der Waals surface area contributed by atoms with E-state index in [0.29, 0.717) is 5.69 Å². The minimum absolute atomic E-state index is 0.0133. The second kappa shape index (κ2) is 5.30. The van der Waals surface area contributed by atoms with E-state index in [9.17, 15) is 13.6 Å². The van der Waals surface area contributed by atoms with Gasteiger partial charge < -0.3 is 0 Å². The van der Waals surface area contributed by atoms with Gasteiger partial charge in [0, 0.05) is 24.2 Å². The lowest BCUT2D eigenvalue weighted by molar-refractivity contribution is 0.0978. The molecule has 0 atom stereocenters. The Morgan fingerprint density at radius 3 is 2.47 bits per heavy atom. The molecule has 1 aromatic carbocycles. The number of carbonyl (C=O) groups excluding carboxylic acids is 1. The number of rotatable bonds is 4. The normalized spacial score (nSPS) is 11.0. The summed E-state index contributed by atoms with van der Waals surface area (Å²) in [7, 11) is 0. The van der Waals surface area contributed by atoms with Crippen molar-refractivity contribution < 1.29 is 13.6 Å². The van der Waals surface area contributed by atoms with Crippen LogP contribution in [-0.2, 0) is 6.42 Å². The number of hydrogen-bond donors (Lipinski definition) is 0. The van der Waals surface area contributed by atoms with Crippen LogP contribution in [0, 0.1) is 11.6 Å². The highest BCUT2D eigenvalue weighted by Gasteiger charge is 2.18. The molecule has 3 nitrogen and oxygen atoms in total. The van der Waals surface area contributed by atoms with Gasteiger partial charge in [0.25, 0.3) is 0 Å². The van der Waals surface area contributed by atoms with Gasteiger partial charge in [0.2, 0.25) is 0 Å². The Kier molecular flexibility index (Phi) is 3.74. The van der Waals surface area contributed by atoms with Gasteiger partial charge in [-0.2, -0.15) is 5.10 Å². The lowest BCUT2D eigenvalue weighted by Crippen LogP contribution is -2.15. The van der Waals surface area contributed by atoms with Gasteiger partial charge in [0.05, 0.1) is 0 Å². The van der Waals surface area contributed by atoms with E-state index in [1.165, 1.54) is 12.3 Å².